The van der Waals surface area contributed by atoms with E-state index in [-0.39, 0.29) is 23.8 Å². The molecule has 1 aliphatic carbocycles. The van der Waals surface area contributed by atoms with Crippen LogP contribution in [0.4, 0.5) is 0 Å². The highest BCUT2D eigenvalue weighted by atomic mass is 16.3. The number of carbonyl (C=O) groups excluding carboxylic acids is 1. The number of aliphatic hydroxyl groups excluding tert-OH is 1. The van der Waals surface area contributed by atoms with E-state index in [1.807, 2.05) is 0 Å². The van der Waals surface area contributed by atoms with Gasteiger partial charge in [0.2, 0.25) is 0 Å². The number of H-pyrrole nitrogens is 1. The topological polar surface area (TPSA) is 95.1 Å². The molecule has 2 rings (SSSR count). The molecule has 0 atom stereocenters. The lowest BCUT2D eigenvalue weighted by molar-refractivity contribution is 0.0712. The first-order valence-corrected chi connectivity index (χ1v) is 6.53. The van der Waals surface area contributed by atoms with Gasteiger partial charge in [-0.15, -0.1) is 0 Å². The number of aliphatic hydroxyl groups is 1. The third kappa shape index (κ3) is 3.20. The lowest BCUT2D eigenvalue weighted by atomic mass is 9.77. The van der Waals surface area contributed by atoms with Crippen LogP contribution < -0.4 is 10.9 Å². The normalized spacial score (nSPS) is 26.9. The molecule has 1 aromatic heterocycles. The molecule has 1 aliphatic rings. The fourth-order valence-electron chi connectivity index (χ4n) is 2.41. The standard InChI is InChI=1S/C13H19N3O3/c1-9-2-4-13(8-17,5-3-9)16-12(19)10-6-15-11(18)7-14-10/h6-7,9,17H,2-5,8H2,1H3,(H,15,18)(H,16,19). The summed E-state index contributed by atoms with van der Waals surface area (Å²) in [6.07, 6.45) is 5.86. The van der Waals surface area contributed by atoms with Gasteiger partial charge >= 0.3 is 0 Å². The number of carbonyl (C=O) groups is 1. The summed E-state index contributed by atoms with van der Waals surface area (Å²) in [6, 6.07) is 0. The molecule has 0 radical (unpaired) electrons. The summed E-state index contributed by atoms with van der Waals surface area (Å²) in [5, 5.41) is 12.4. The van der Waals surface area contributed by atoms with Gasteiger partial charge < -0.3 is 15.4 Å². The maximum atomic E-state index is 12.1. The average Bonchev–Trinajstić information content (AvgIpc) is 2.42. The molecule has 1 aromatic rings. The molecular formula is C13H19N3O3. The van der Waals surface area contributed by atoms with Crippen molar-refractivity contribution >= 4 is 5.91 Å². The van der Waals surface area contributed by atoms with Gasteiger partial charge in [0.1, 0.15) is 5.69 Å². The molecule has 6 heteroatoms. The Morgan fingerprint density at radius 1 is 1.58 bits per heavy atom. The number of nitrogens with zero attached hydrogens (tertiary/aromatic N) is 1. The number of rotatable bonds is 3. The van der Waals surface area contributed by atoms with E-state index < -0.39 is 5.54 Å². The minimum Gasteiger partial charge on any atom is -0.394 e. The Bertz CT molecular complexity index is 484. The summed E-state index contributed by atoms with van der Waals surface area (Å²) in [5.74, 6) is 0.266. The van der Waals surface area contributed by atoms with Gasteiger partial charge in [-0.05, 0) is 31.6 Å². The third-order valence-electron chi connectivity index (χ3n) is 3.82. The van der Waals surface area contributed by atoms with E-state index in [2.05, 4.69) is 22.2 Å². The molecule has 0 aliphatic heterocycles. The first-order valence-electron chi connectivity index (χ1n) is 6.53. The van der Waals surface area contributed by atoms with Crippen molar-refractivity contribution in [2.45, 2.75) is 38.1 Å². The van der Waals surface area contributed by atoms with Gasteiger partial charge in [0.25, 0.3) is 11.5 Å². The van der Waals surface area contributed by atoms with Crippen molar-refractivity contribution in [3.63, 3.8) is 0 Å². The van der Waals surface area contributed by atoms with Crippen LogP contribution in [0.25, 0.3) is 0 Å². The molecule has 0 saturated heterocycles. The largest absolute Gasteiger partial charge is 0.394 e. The highest BCUT2D eigenvalue weighted by Crippen LogP contribution is 2.31. The third-order valence-corrected chi connectivity index (χ3v) is 3.82. The van der Waals surface area contributed by atoms with E-state index in [1.54, 1.807) is 0 Å². The predicted octanol–water partition coefficient (Wildman–Crippen LogP) is 0.441. The Morgan fingerprint density at radius 3 is 2.79 bits per heavy atom. The van der Waals surface area contributed by atoms with Crippen molar-refractivity contribution in [1.82, 2.24) is 15.3 Å². The van der Waals surface area contributed by atoms with Gasteiger partial charge in [0.15, 0.2) is 0 Å². The molecule has 1 heterocycles. The fourth-order valence-corrected chi connectivity index (χ4v) is 2.41. The molecule has 19 heavy (non-hydrogen) atoms. The van der Waals surface area contributed by atoms with Crippen LogP contribution in [0, 0.1) is 5.92 Å². The maximum Gasteiger partial charge on any atom is 0.271 e. The second-order valence-electron chi connectivity index (χ2n) is 5.37. The maximum absolute atomic E-state index is 12.1. The molecular weight excluding hydrogens is 246 g/mol. The van der Waals surface area contributed by atoms with Crippen LogP contribution in [0.2, 0.25) is 0 Å². The minimum atomic E-state index is -0.554. The number of aromatic amines is 1. The van der Waals surface area contributed by atoms with E-state index in [9.17, 15) is 14.7 Å². The molecule has 1 amide bonds. The lowest BCUT2D eigenvalue weighted by Gasteiger charge is -2.38. The highest BCUT2D eigenvalue weighted by molar-refractivity contribution is 5.92. The second-order valence-corrected chi connectivity index (χ2v) is 5.37. The summed E-state index contributed by atoms with van der Waals surface area (Å²) in [4.78, 5) is 29.2. The van der Waals surface area contributed by atoms with Crippen LogP contribution in [0.5, 0.6) is 0 Å². The van der Waals surface area contributed by atoms with Gasteiger partial charge in [-0.2, -0.15) is 0 Å². The van der Waals surface area contributed by atoms with Crippen LogP contribution in [0.15, 0.2) is 17.2 Å². The first-order chi connectivity index (χ1) is 9.04. The monoisotopic (exact) mass is 265 g/mol. The van der Waals surface area contributed by atoms with Crippen LogP contribution in [0.3, 0.4) is 0 Å². The zero-order valence-electron chi connectivity index (χ0n) is 11.0. The molecule has 1 fully saturated rings. The molecule has 104 valence electrons. The van der Waals surface area contributed by atoms with E-state index in [0.29, 0.717) is 5.92 Å². The van der Waals surface area contributed by atoms with Crippen LogP contribution in [-0.4, -0.2) is 33.1 Å². The highest BCUT2D eigenvalue weighted by Gasteiger charge is 2.35. The van der Waals surface area contributed by atoms with Crippen LogP contribution >= 0.6 is 0 Å². The summed E-state index contributed by atoms with van der Waals surface area (Å²) in [6.45, 7) is 2.10. The van der Waals surface area contributed by atoms with Crippen molar-refractivity contribution in [3.8, 4) is 0 Å². The Morgan fingerprint density at radius 2 is 2.26 bits per heavy atom. The van der Waals surface area contributed by atoms with Crippen molar-refractivity contribution < 1.29 is 9.90 Å². The van der Waals surface area contributed by atoms with Crippen LogP contribution in [0.1, 0.15) is 43.1 Å². The van der Waals surface area contributed by atoms with Crippen LogP contribution in [-0.2, 0) is 0 Å². The zero-order chi connectivity index (χ0) is 13.9. The van der Waals surface area contributed by atoms with Gasteiger partial charge in [-0.3, -0.25) is 9.59 Å². The van der Waals surface area contributed by atoms with Gasteiger partial charge in [0.05, 0.1) is 18.3 Å². The van der Waals surface area contributed by atoms with Gasteiger partial charge in [-0.25, -0.2) is 4.98 Å². The second kappa shape index (κ2) is 5.52. The molecule has 0 aromatic carbocycles. The molecule has 1 saturated carbocycles. The summed E-state index contributed by atoms with van der Waals surface area (Å²) in [5.41, 5.74) is -0.743. The van der Waals surface area contributed by atoms with Gasteiger partial charge in [-0.1, -0.05) is 6.92 Å². The van der Waals surface area contributed by atoms with E-state index in [1.165, 1.54) is 6.20 Å². The Labute approximate surface area is 111 Å². The Hall–Kier alpha value is -1.69. The van der Waals surface area contributed by atoms with Crippen molar-refractivity contribution in [2.75, 3.05) is 6.61 Å². The first kappa shape index (κ1) is 13.7. The van der Waals surface area contributed by atoms with E-state index in [4.69, 9.17) is 0 Å². The summed E-state index contributed by atoms with van der Waals surface area (Å²) in [7, 11) is 0. The SMILES string of the molecule is CC1CCC(CO)(NC(=O)c2c[nH]c(=O)cn2)CC1. The zero-order valence-corrected chi connectivity index (χ0v) is 11.0. The van der Waals surface area contributed by atoms with Crippen molar-refractivity contribution in [2.24, 2.45) is 5.92 Å². The lowest BCUT2D eigenvalue weighted by Crippen LogP contribution is -2.53. The number of amides is 1. The number of aromatic nitrogens is 2. The predicted molar refractivity (Wildman–Crippen MR) is 69.8 cm³/mol. The molecule has 0 spiro atoms. The Kier molecular flexibility index (Phi) is 3.99. The Balaban J connectivity index is 2.08. The van der Waals surface area contributed by atoms with Gasteiger partial charge in [0, 0.05) is 6.20 Å². The number of nitrogens with one attached hydrogen (secondary N) is 2. The minimum absolute atomic E-state index is 0.0746. The molecule has 0 unspecified atom stereocenters. The molecule has 0 bridgehead atoms. The van der Waals surface area contributed by atoms with Crippen molar-refractivity contribution in [3.05, 3.63) is 28.4 Å². The quantitative estimate of drug-likeness (QED) is 0.739. The van der Waals surface area contributed by atoms with E-state index in [0.717, 1.165) is 31.9 Å². The number of hydrogen-bond donors (Lipinski definition) is 3. The van der Waals surface area contributed by atoms with Crippen molar-refractivity contribution in [1.29, 1.82) is 0 Å². The molecule has 6 nitrogen and oxygen atoms in total. The van der Waals surface area contributed by atoms with E-state index >= 15 is 0 Å². The smallest absolute Gasteiger partial charge is 0.271 e. The fraction of sp³-hybridized carbons (Fsp3) is 0.615. The summed E-state index contributed by atoms with van der Waals surface area (Å²) >= 11 is 0. The summed E-state index contributed by atoms with van der Waals surface area (Å²) < 4.78 is 0. The molecule has 3 N–H and O–H groups in total. The number of hydrogen-bond acceptors (Lipinski definition) is 4. The average molecular weight is 265 g/mol.